The van der Waals surface area contributed by atoms with Gasteiger partial charge in [0.25, 0.3) is 0 Å². The molecule has 1 N–H and O–H groups in total. The molecule has 3 aromatic rings. The summed E-state index contributed by atoms with van der Waals surface area (Å²) in [6.07, 6.45) is 1.63. The number of carbonyl (C=O) groups is 1. The van der Waals surface area contributed by atoms with Crippen molar-refractivity contribution in [3.05, 3.63) is 65.0 Å². The van der Waals surface area contributed by atoms with Gasteiger partial charge in [0.1, 0.15) is 12.4 Å². The number of nitrogens with one attached hydrogen (secondary N) is 1. The summed E-state index contributed by atoms with van der Waals surface area (Å²) in [7, 11) is -3.22. The van der Waals surface area contributed by atoms with E-state index in [1.807, 2.05) is 0 Å². The lowest BCUT2D eigenvalue weighted by molar-refractivity contribution is 0.0961. The van der Waals surface area contributed by atoms with Gasteiger partial charge in [0.05, 0.1) is 6.26 Å². The summed E-state index contributed by atoms with van der Waals surface area (Å²) in [6, 6.07) is 11.4. The largest absolute Gasteiger partial charge is 0.292 e. The van der Waals surface area contributed by atoms with E-state index in [0.717, 1.165) is 11.8 Å². The third-order valence-corrected chi connectivity index (χ3v) is 4.94. The van der Waals surface area contributed by atoms with Crippen LogP contribution in [-0.4, -0.2) is 47.2 Å². The van der Waals surface area contributed by atoms with Gasteiger partial charge in [-0.05, 0) is 47.9 Å². The van der Waals surface area contributed by atoms with Crippen LogP contribution in [0, 0.1) is 12.7 Å². The number of ketones is 1. The standard InChI is InChI=1S/C19H20FN5O3S/c1-13-11-16(7-8-17(13)20)19-22-24-25(23-19)12-18(26)15-5-3-14(4-6-15)9-10-21-29(2,27)28/h3-8,11,21H,9-10,12H2,1-2H3. The summed E-state index contributed by atoms with van der Waals surface area (Å²) in [5, 5.41) is 12.0. The van der Waals surface area contributed by atoms with E-state index in [0.29, 0.717) is 35.5 Å². The molecule has 0 spiro atoms. The second-order valence-corrected chi connectivity index (χ2v) is 8.48. The van der Waals surface area contributed by atoms with Gasteiger partial charge in [-0.2, -0.15) is 4.80 Å². The first-order valence-electron chi connectivity index (χ1n) is 8.82. The molecule has 8 nitrogen and oxygen atoms in total. The molecule has 0 fully saturated rings. The van der Waals surface area contributed by atoms with E-state index in [1.165, 1.54) is 10.9 Å². The van der Waals surface area contributed by atoms with Crippen molar-refractivity contribution in [2.24, 2.45) is 0 Å². The number of nitrogens with zero attached hydrogens (tertiary/aromatic N) is 4. The Labute approximate surface area is 167 Å². The summed E-state index contributed by atoms with van der Waals surface area (Å²) in [5.41, 5.74) is 2.49. The number of rotatable bonds is 8. The molecular formula is C19H20FN5O3S. The number of benzene rings is 2. The van der Waals surface area contributed by atoms with Crippen molar-refractivity contribution in [2.45, 2.75) is 19.9 Å². The highest BCUT2D eigenvalue weighted by Gasteiger charge is 2.12. The predicted octanol–water partition coefficient (Wildman–Crippen LogP) is 1.76. The maximum Gasteiger partial charge on any atom is 0.208 e. The number of hydrogen-bond acceptors (Lipinski definition) is 6. The first kappa shape index (κ1) is 20.7. The Morgan fingerprint density at radius 3 is 2.55 bits per heavy atom. The molecule has 0 amide bonds. The molecule has 152 valence electrons. The van der Waals surface area contributed by atoms with E-state index in [4.69, 9.17) is 0 Å². The zero-order valence-corrected chi connectivity index (χ0v) is 16.8. The van der Waals surface area contributed by atoms with E-state index < -0.39 is 10.0 Å². The number of Topliss-reactive ketones (excluding diaryl/α,β-unsaturated/α-hetero) is 1. The number of carbonyl (C=O) groups excluding carboxylic acids is 1. The second kappa shape index (κ2) is 8.58. The monoisotopic (exact) mass is 417 g/mol. The molecule has 0 saturated carbocycles. The van der Waals surface area contributed by atoms with E-state index in [9.17, 15) is 17.6 Å². The van der Waals surface area contributed by atoms with Crippen LogP contribution in [-0.2, 0) is 23.0 Å². The molecule has 0 radical (unpaired) electrons. The van der Waals surface area contributed by atoms with Gasteiger partial charge in [0.2, 0.25) is 15.8 Å². The van der Waals surface area contributed by atoms with E-state index in [2.05, 4.69) is 20.1 Å². The van der Waals surface area contributed by atoms with Gasteiger partial charge in [-0.25, -0.2) is 17.5 Å². The molecule has 0 unspecified atom stereocenters. The van der Waals surface area contributed by atoms with Gasteiger partial charge in [-0.1, -0.05) is 24.3 Å². The average Bonchev–Trinajstić information content (AvgIpc) is 3.12. The molecule has 2 aromatic carbocycles. The Hall–Kier alpha value is -2.98. The fourth-order valence-corrected chi connectivity index (χ4v) is 3.14. The number of aryl methyl sites for hydroxylation is 1. The van der Waals surface area contributed by atoms with Crippen molar-refractivity contribution < 1.29 is 17.6 Å². The maximum absolute atomic E-state index is 13.4. The molecule has 0 aliphatic carbocycles. The van der Waals surface area contributed by atoms with Crippen LogP contribution in [0.5, 0.6) is 0 Å². The van der Waals surface area contributed by atoms with Crippen molar-refractivity contribution in [1.82, 2.24) is 24.9 Å². The first-order chi connectivity index (χ1) is 13.7. The minimum absolute atomic E-state index is 0.0812. The number of tetrazole rings is 1. The Morgan fingerprint density at radius 2 is 1.90 bits per heavy atom. The SMILES string of the molecule is Cc1cc(-c2nnn(CC(=O)c3ccc(CCNS(C)(=O)=O)cc3)n2)ccc1F. The van der Waals surface area contributed by atoms with Crippen LogP contribution in [0.4, 0.5) is 4.39 Å². The molecule has 29 heavy (non-hydrogen) atoms. The van der Waals surface area contributed by atoms with Crippen LogP contribution in [0.3, 0.4) is 0 Å². The van der Waals surface area contributed by atoms with Crippen LogP contribution in [0.1, 0.15) is 21.5 Å². The van der Waals surface area contributed by atoms with Gasteiger partial charge in [0.15, 0.2) is 5.78 Å². The van der Waals surface area contributed by atoms with Gasteiger partial charge in [-0.15, -0.1) is 10.2 Å². The summed E-state index contributed by atoms with van der Waals surface area (Å²) < 4.78 is 38.0. The summed E-state index contributed by atoms with van der Waals surface area (Å²) >= 11 is 0. The molecule has 0 aliphatic heterocycles. The highest BCUT2D eigenvalue weighted by molar-refractivity contribution is 7.88. The molecule has 1 aromatic heterocycles. The molecule has 0 aliphatic rings. The van der Waals surface area contributed by atoms with E-state index >= 15 is 0 Å². The van der Waals surface area contributed by atoms with Crippen LogP contribution in [0.25, 0.3) is 11.4 Å². The summed E-state index contributed by atoms with van der Waals surface area (Å²) in [6.45, 7) is 1.86. The minimum atomic E-state index is -3.22. The van der Waals surface area contributed by atoms with Gasteiger partial charge in [-0.3, -0.25) is 4.79 Å². The Bertz CT molecular complexity index is 1130. The molecule has 0 atom stereocenters. The fourth-order valence-electron chi connectivity index (χ4n) is 2.67. The summed E-state index contributed by atoms with van der Waals surface area (Å²) in [4.78, 5) is 13.6. The normalized spacial score (nSPS) is 11.6. The van der Waals surface area contributed by atoms with Crippen molar-refractivity contribution in [3.63, 3.8) is 0 Å². The molecule has 10 heteroatoms. The quantitative estimate of drug-likeness (QED) is 0.560. The number of halogens is 1. The Morgan fingerprint density at radius 1 is 1.17 bits per heavy atom. The topological polar surface area (TPSA) is 107 Å². The summed E-state index contributed by atoms with van der Waals surface area (Å²) in [5.74, 6) is -0.188. The zero-order valence-electron chi connectivity index (χ0n) is 16.0. The van der Waals surface area contributed by atoms with E-state index in [-0.39, 0.29) is 18.1 Å². The highest BCUT2D eigenvalue weighted by atomic mass is 32.2. The minimum Gasteiger partial charge on any atom is -0.292 e. The van der Waals surface area contributed by atoms with Crippen LogP contribution in [0.15, 0.2) is 42.5 Å². The van der Waals surface area contributed by atoms with Crippen molar-refractivity contribution in [1.29, 1.82) is 0 Å². The Kier molecular flexibility index (Phi) is 6.14. The van der Waals surface area contributed by atoms with Crippen LogP contribution < -0.4 is 4.72 Å². The third-order valence-electron chi connectivity index (χ3n) is 4.21. The first-order valence-corrected chi connectivity index (χ1v) is 10.7. The van der Waals surface area contributed by atoms with Crippen LogP contribution in [0.2, 0.25) is 0 Å². The molecule has 1 heterocycles. The third kappa shape index (κ3) is 5.75. The van der Waals surface area contributed by atoms with Crippen molar-refractivity contribution in [2.75, 3.05) is 12.8 Å². The van der Waals surface area contributed by atoms with Crippen molar-refractivity contribution >= 4 is 15.8 Å². The zero-order chi connectivity index (χ0) is 21.0. The predicted molar refractivity (Wildman–Crippen MR) is 105 cm³/mol. The number of hydrogen-bond donors (Lipinski definition) is 1. The van der Waals surface area contributed by atoms with Gasteiger partial charge >= 0.3 is 0 Å². The molecule has 3 rings (SSSR count). The van der Waals surface area contributed by atoms with Crippen molar-refractivity contribution in [3.8, 4) is 11.4 Å². The van der Waals surface area contributed by atoms with Gasteiger partial charge in [0, 0.05) is 17.7 Å². The smallest absolute Gasteiger partial charge is 0.208 e. The van der Waals surface area contributed by atoms with Crippen LogP contribution >= 0.6 is 0 Å². The second-order valence-electron chi connectivity index (χ2n) is 6.64. The highest BCUT2D eigenvalue weighted by Crippen LogP contribution is 2.17. The lowest BCUT2D eigenvalue weighted by Crippen LogP contribution is -2.24. The number of sulfonamides is 1. The molecule has 0 saturated heterocycles. The Balaban J connectivity index is 1.61. The average molecular weight is 417 g/mol. The lowest BCUT2D eigenvalue weighted by atomic mass is 10.1. The van der Waals surface area contributed by atoms with E-state index in [1.54, 1.807) is 43.3 Å². The lowest BCUT2D eigenvalue weighted by Gasteiger charge is -2.04. The number of aromatic nitrogens is 4. The van der Waals surface area contributed by atoms with Gasteiger partial charge < -0.3 is 0 Å². The fraction of sp³-hybridized carbons (Fsp3) is 0.263. The maximum atomic E-state index is 13.4. The molecule has 0 bridgehead atoms. The molecular weight excluding hydrogens is 397 g/mol.